The first kappa shape index (κ1) is 17.6. The molecule has 0 amide bonds. The zero-order valence-corrected chi connectivity index (χ0v) is 10.7. The first-order valence-corrected chi connectivity index (χ1v) is 5.87. The highest BCUT2D eigenvalue weighted by Gasteiger charge is 2.08. The molecule has 0 aliphatic carbocycles. The first-order valence-electron chi connectivity index (χ1n) is 5.87. The molecule has 2 N–H and O–H groups in total. The molecule has 1 saturated heterocycles. The Hall–Kier alpha value is -2.38. The number of carbonyl (C=O) groups excluding carboxylic acids is 2. The summed E-state index contributed by atoms with van der Waals surface area (Å²) < 4.78 is 9.50. The van der Waals surface area contributed by atoms with Crippen LogP contribution < -0.4 is 0 Å². The zero-order chi connectivity index (χ0) is 15.4. The monoisotopic (exact) mass is 288 g/mol. The Balaban J connectivity index is 0.000000396. The van der Waals surface area contributed by atoms with Gasteiger partial charge in [0.05, 0.1) is 0 Å². The standard InChI is InChI=1S/C8H12O4.C4H4O4/c9-7-3-1-2-4-8(10)12-6-5-11-7;5-3(6)1-2-4(7)8/h1-6H2;1-2H,(H,5,6)(H,7,8). The van der Waals surface area contributed by atoms with E-state index in [1.165, 1.54) is 0 Å². The first-order chi connectivity index (χ1) is 9.41. The van der Waals surface area contributed by atoms with Crippen LogP contribution in [0.1, 0.15) is 25.7 Å². The highest BCUT2D eigenvalue weighted by molar-refractivity contribution is 5.89. The van der Waals surface area contributed by atoms with Crippen molar-refractivity contribution in [3.05, 3.63) is 12.2 Å². The molecule has 0 saturated carbocycles. The van der Waals surface area contributed by atoms with Crippen LogP contribution in [0.15, 0.2) is 12.2 Å². The number of esters is 2. The van der Waals surface area contributed by atoms with E-state index in [4.69, 9.17) is 19.7 Å². The van der Waals surface area contributed by atoms with Gasteiger partial charge in [-0.15, -0.1) is 0 Å². The summed E-state index contributed by atoms with van der Waals surface area (Å²) in [4.78, 5) is 40.7. The summed E-state index contributed by atoms with van der Waals surface area (Å²) >= 11 is 0. The van der Waals surface area contributed by atoms with Crippen LogP contribution in [-0.2, 0) is 28.7 Å². The second-order valence-electron chi connectivity index (χ2n) is 3.66. The molecule has 0 unspecified atom stereocenters. The van der Waals surface area contributed by atoms with E-state index in [0.717, 1.165) is 0 Å². The summed E-state index contributed by atoms with van der Waals surface area (Å²) in [6.45, 7) is 0.370. The van der Waals surface area contributed by atoms with Crippen molar-refractivity contribution in [3.63, 3.8) is 0 Å². The fourth-order valence-corrected chi connectivity index (χ4v) is 1.14. The minimum absolute atomic E-state index is 0.185. The van der Waals surface area contributed by atoms with E-state index in [0.29, 0.717) is 37.8 Å². The van der Waals surface area contributed by atoms with Gasteiger partial charge in [0, 0.05) is 25.0 Å². The lowest BCUT2D eigenvalue weighted by molar-refractivity contribution is -0.153. The van der Waals surface area contributed by atoms with Gasteiger partial charge in [-0.2, -0.15) is 0 Å². The summed E-state index contributed by atoms with van der Waals surface area (Å²) in [5.41, 5.74) is 0. The van der Waals surface area contributed by atoms with Gasteiger partial charge in [-0.1, -0.05) is 0 Å². The fourth-order valence-electron chi connectivity index (χ4n) is 1.14. The highest BCUT2D eigenvalue weighted by atomic mass is 16.6. The molecule has 0 aromatic heterocycles. The number of hydrogen-bond acceptors (Lipinski definition) is 6. The number of carboxylic acids is 2. The van der Waals surface area contributed by atoms with Gasteiger partial charge < -0.3 is 19.7 Å². The van der Waals surface area contributed by atoms with Crippen LogP contribution in [0.4, 0.5) is 0 Å². The van der Waals surface area contributed by atoms with Crippen molar-refractivity contribution < 1.29 is 38.9 Å². The van der Waals surface area contributed by atoms with Gasteiger partial charge >= 0.3 is 23.9 Å². The molecule has 1 aliphatic rings. The second-order valence-corrected chi connectivity index (χ2v) is 3.66. The smallest absolute Gasteiger partial charge is 0.328 e. The van der Waals surface area contributed by atoms with Crippen molar-refractivity contribution in [2.45, 2.75) is 25.7 Å². The van der Waals surface area contributed by atoms with E-state index in [1.54, 1.807) is 0 Å². The summed E-state index contributed by atoms with van der Waals surface area (Å²) in [6.07, 6.45) is 3.34. The predicted octanol–water partition coefficient (Wildman–Crippen LogP) is 0.359. The van der Waals surface area contributed by atoms with Crippen LogP contribution in [0.2, 0.25) is 0 Å². The van der Waals surface area contributed by atoms with Crippen molar-refractivity contribution >= 4 is 23.9 Å². The van der Waals surface area contributed by atoms with Crippen molar-refractivity contribution in [3.8, 4) is 0 Å². The average Bonchev–Trinajstić information content (AvgIpc) is 2.38. The molecule has 8 nitrogen and oxygen atoms in total. The molecule has 0 atom stereocenters. The van der Waals surface area contributed by atoms with Gasteiger partial charge in [-0.05, 0) is 12.8 Å². The quantitative estimate of drug-likeness (QED) is 0.550. The summed E-state index contributed by atoms with van der Waals surface area (Å²) in [7, 11) is 0. The Morgan fingerprint density at radius 2 is 1.20 bits per heavy atom. The number of ether oxygens (including phenoxy) is 2. The van der Waals surface area contributed by atoms with E-state index < -0.39 is 11.9 Å². The van der Waals surface area contributed by atoms with E-state index in [1.807, 2.05) is 0 Å². The number of cyclic esters (lactones) is 2. The fraction of sp³-hybridized carbons (Fsp3) is 0.500. The Morgan fingerprint density at radius 3 is 1.50 bits per heavy atom. The summed E-state index contributed by atoms with van der Waals surface area (Å²) in [5.74, 6) is -2.92. The maximum Gasteiger partial charge on any atom is 0.328 e. The van der Waals surface area contributed by atoms with Crippen LogP contribution >= 0.6 is 0 Å². The zero-order valence-electron chi connectivity index (χ0n) is 10.7. The topological polar surface area (TPSA) is 127 Å². The minimum Gasteiger partial charge on any atom is -0.478 e. The van der Waals surface area contributed by atoms with Crippen LogP contribution in [0.5, 0.6) is 0 Å². The van der Waals surface area contributed by atoms with Gasteiger partial charge in [0.2, 0.25) is 0 Å². The third-order valence-corrected chi connectivity index (χ3v) is 1.99. The number of aliphatic carboxylic acids is 2. The van der Waals surface area contributed by atoms with E-state index in [9.17, 15) is 19.2 Å². The molecule has 1 heterocycles. The lowest BCUT2D eigenvalue weighted by Crippen LogP contribution is -2.15. The highest BCUT2D eigenvalue weighted by Crippen LogP contribution is 2.04. The van der Waals surface area contributed by atoms with Crippen molar-refractivity contribution in [2.24, 2.45) is 0 Å². The molecule has 1 aliphatic heterocycles. The van der Waals surface area contributed by atoms with E-state index in [2.05, 4.69) is 0 Å². The molecule has 8 heteroatoms. The van der Waals surface area contributed by atoms with Crippen molar-refractivity contribution in [2.75, 3.05) is 13.2 Å². The Kier molecular flexibility index (Phi) is 9.28. The third kappa shape index (κ3) is 12.1. The van der Waals surface area contributed by atoms with Gasteiger partial charge in [0.25, 0.3) is 0 Å². The normalized spacial score (nSPS) is 16.4. The molecule has 0 spiro atoms. The Labute approximate surface area is 115 Å². The van der Waals surface area contributed by atoms with E-state index in [-0.39, 0.29) is 25.2 Å². The molecular weight excluding hydrogens is 272 g/mol. The minimum atomic E-state index is -1.26. The van der Waals surface area contributed by atoms with Gasteiger partial charge in [0.1, 0.15) is 13.2 Å². The molecule has 0 aromatic carbocycles. The third-order valence-electron chi connectivity index (χ3n) is 1.99. The number of carbonyl (C=O) groups is 4. The van der Waals surface area contributed by atoms with Crippen LogP contribution in [0, 0.1) is 0 Å². The van der Waals surface area contributed by atoms with Gasteiger partial charge in [-0.3, -0.25) is 9.59 Å². The number of rotatable bonds is 2. The number of carboxylic acid groups (broad SMARTS) is 2. The lowest BCUT2D eigenvalue weighted by Gasteiger charge is -2.08. The van der Waals surface area contributed by atoms with Crippen LogP contribution in [0.25, 0.3) is 0 Å². The van der Waals surface area contributed by atoms with Gasteiger partial charge in [-0.25, -0.2) is 9.59 Å². The van der Waals surface area contributed by atoms with E-state index >= 15 is 0 Å². The van der Waals surface area contributed by atoms with Crippen LogP contribution in [0.3, 0.4) is 0 Å². The Bertz CT molecular complexity index is 333. The van der Waals surface area contributed by atoms with Gasteiger partial charge in [0.15, 0.2) is 0 Å². The predicted molar refractivity (Wildman–Crippen MR) is 64.8 cm³/mol. The molecule has 112 valence electrons. The lowest BCUT2D eigenvalue weighted by atomic mass is 10.2. The average molecular weight is 288 g/mol. The molecule has 20 heavy (non-hydrogen) atoms. The molecular formula is C12H16O8. The summed E-state index contributed by atoms with van der Waals surface area (Å²) in [6, 6.07) is 0. The maximum absolute atomic E-state index is 10.8. The molecule has 1 rings (SSSR count). The second kappa shape index (κ2) is 10.5. The maximum atomic E-state index is 10.8. The Morgan fingerprint density at radius 1 is 0.850 bits per heavy atom. The molecule has 0 aromatic rings. The number of hydrogen-bond donors (Lipinski definition) is 2. The largest absolute Gasteiger partial charge is 0.478 e. The van der Waals surface area contributed by atoms with Crippen molar-refractivity contribution in [1.82, 2.24) is 0 Å². The SMILES string of the molecule is O=C(O)C=CC(=O)O.O=C1CCCCC(=O)OCCO1. The molecule has 1 fully saturated rings. The van der Waals surface area contributed by atoms with Crippen molar-refractivity contribution in [1.29, 1.82) is 0 Å². The van der Waals surface area contributed by atoms with Crippen LogP contribution in [-0.4, -0.2) is 47.3 Å². The molecule has 0 bridgehead atoms. The molecule has 0 radical (unpaired) electrons. The summed E-state index contributed by atoms with van der Waals surface area (Å²) in [5, 5.41) is 15.6.